The number of carbonyl (C=O) groups is 2. The van der Waals surface area contributed by atoms with Crippen molar-refractivity contribution in [2.45, 2.75) is 19.8 Å². The van der Waals surface area contributed by atoms with Gasteiger partial charge in [0.05, 0.1) is 11.6 Å². The van der Waals surface area contributed by atoms with Gasteiger partial charge in [-0.1, -0.05) is 6.92 Å². The number of benzene rings is 1. The fraction of sp³-hybridized carbons (Fsp3) is 0.385. The van der Waals surface area contributed by atoms with Crippen LogP contribution >= 0.6 is 0 Å². The molecular weight excluding hydrogens is 289 g/mol. The first-order valence-corrected chi connectivity index (χ1v) is 6.24. The van der Waals surface area contributed by atoms with E-state index in [1.165, 1.54) is 0 Å². The van der Waals surface area contributed by atoms with E-state index in [4.69, 9.17) is 5.11 Å². The Morgan fingerprint density at radius 3 is 2.52 bits per heavy atom. The van der Waals surface area contributed by atoms with E-state index >= 15 is 0 Å². The van der Waals surface area contributed by atoms with Crippen LogP contribution in [0, 0.1) is 23.4 Å². The normalized spacial score (nSPS) is 11.8. The molecule has 0 aromatic heterocycles. The summed E-state index contributed by atoms with van der Waals surface area (Å²) in [5.74, 6) is -5.95. The maximum atomic E-state index is 13.3. The second-order valence-electron chi connectivity index (χ2n) is 4.49. The number of amides is 2. The minimum absolute atomic E-state index is 0.175. The Kier molecular flexibility index (Phi) is 6.01. The van der Waals surface area contributed by atoms with E-state index in [0.29, 0.717) is 18.9 Å². The molecule has 0 radical (unpaired) electrons. The Morgan fingerprint density at radius 2 is 1.90 bits per heavy atom. The van der Waals surface area contributed by atoms with Crippen molar-refractivity contribution in [1.29, 1.82) is 0 Å². The zero-order valence-corrected chi connectivity index (χ0v) is 11.3. The van der Waals surface area contributed by atoms with E-state index in [9.17, 15) is 22.8 Å². The van der Waals surface area contributed by atoms with Crippen molar-refractivity contribution >= 4 is 17.7 Å². The van der Waals surface area contributed by atoms with Crippen molar-refractivity contribution in [2.75, 3.05) is 11.9 Å². The van der Waals surface area contributed by atoms with Crippen LogP contribution in [0.25, 0.3) is 0 Å². The Labute approximate surface area is 119 Å². The van der Waals surface area contributed by atoms with Gasteiger partial charge in [-0.15, -0.1) is 0 Å². The van der Waals surface area contributed by atoms with Crippen molar-refractivity contribution in [3.63, 3.8) is 0 Å². The molecule has 5 nitrogen and oxygen atoms in total. The van der Waals surface area contributed by atoms with E-state index in [2.05, 4.69) is 5.32 Å². The number of halogens is 3. The molecule has 3 N–H and O–H groups in total. The molecule has 1 rings (SSSR count). The largest absolute Gasteiger partial charge is 0.481 e. The topological polar surface area (TPSA) is 78.4 Å². The quantitative estimate of drug-likeness (QED) is 0.558. The summed E-state index contributed by atoms with van der Waals surface area (Å²) in [6.45, 7) is 1.72. The minimum Gasteiger partial charge on any atom is -0.481 e. The first kappa shape index (κ1) is 16.8. The maximum absolute atomic E-state index is 13.3. The van der Waals surface area contributed by atoms with E-state index < -0.39 is 41.1 Å². The standard InChI is InChI=1S/C13H15F3N2O3/c1-7(12(19)20)3-2-6-17-13(21)18-9-5-4-8(14)10(15)11(9)16/h4-5,7H,2-3,6H2,1H3,(H,19,20)(H2,17,18,21). The van der Waals surface area contributed by atoms with Crippen LogP contribution in [0.5, 0.6) is 0 Å². The molecule has 0 spiro atoms. The number of carboxylic acid groups (broad SMARTS) is 1. The van der Waals surface area contributed by atoms with Gasteiger partial charge in [0.15, 0.2) is 17.5 Å². The molecule has 1 atom stereocenters. The maximum Gasteiger partial charge on any atom is 0.319 e. The van der Waals surface area contributed by atoms with Crippen molar-refractivity contribution in [3.05, 3.63) is 29.6 Å². The fourth-order valence-electron chi connectivity index (χ4n) is 1.52. The highest BCUT2D eigenvalue weighted by Crippen LogP contribution is 2.19. The predicted octanol–water partition coefficient (Wildman–Crippen LogP) is 2.73. The van der Waals surface area contributed by atoms with Crippen LogP contribution in [0.4, 0.5) is 23.7 Å². The third kappa shape index (κ3) is 4.97. The van der Waals surface area contributed by atoms with Gasteiger partial charge in [-0.25, -0.2) is 18.0 Å². The molecule has 0 aliphatic heterocycles. The molecule has 0 heterocycles. The van der Waals surface area contributed by atoms with Crippen molar-refractivity contribution in [3.8, 4) is 0 Å². The van der Waals surface area contributed by atoms with Crippen molar-refractivity contribution in [1.82, 2.24) is 5.32 Å². The number of aliphatic carboxylic acids is 1. The SMILES string of the molecule is CC(CCCNC(=O)Nc1ccc(F)c(F)c1F)C(=O)O. The molecule has 116 valence electrons. The number of hydrogen-bond acceptors (Lipinski definition) is 2. The van der Waals surface area contributed by atoms with Gasteiger partial charge >= 0.3 is 12.0 Å². The lowest BCUT2D eigenvalue weighted by molar-refractivity contribution is -0.141. The van der Waals surface area contributed by atoms with E-state index in [0.717, 1.165) is 6.07 Å². The van der Waals surface area contributed by atoms with Crippen LogP contribution in [0.15, 0.2) is 12.1 Å². The van der Waals surface area contributed by atoms with Gasteiger partial charge in [0.1, 0.15) is 0 Å². The Hall–Kier alpha value is -2.25. The molecule has 0 aliphatic carbocycles. The Morgan fingerprint density at radius 1 is 1.24 bits per heavy atom. The van der Waals surface area contributed by atoms with E-state index in [1.54, 1.807) is 6.92 Å². The molecule has 1 aromatic rings. The van der Waals surface area contributed by atoms with E-state index in [1.807, 2.05) is 5.32 Å². The first-order chi connectivity index (χ1) is 9.82. The lowest BCUT2D eigenvalue weighted by Crippen LogP contribution is -2.30. The molecule has 0 saturated heterocycles. The third-order valence-electron chi connectivity index (χ3n) is 2.80. The number of carbonyl (C=O) groups excluding carboxylic acids is 1. The van der Waals surface area contributed by atoms with Crippen molar-refractivity contribution in [2.24, 2.45) is 5.92 Å². The Bertz CT molecular complexity index is 538. The summed E-state index contributed by atoms with van der Waals surface area (Å²) in [6.07, 6.45) is 0.788. The zero-order valence-electron chi connectivity index (χ0n) is 11.3. The van der Waals surface area contributed by atoms with Crippen molar-refractivity contribution < 1.29 is 27.9 Å². The summed E-state index contributed by atoms with van der Waals surface area (Å²) < 4.78 is 38.9. The lowest BCUT2D eigenvalue weighted by Gasteiger charge is -2.10. The highest BCUT2D eigenvalue weighted by atomic mass is 19.2. The fourth-order valence-corrected chi connectivity index (χ4v) is 1.52. The minimum atomic E-state index is -1.66. The smallest absolute Gasteiger partial charge is 0.319 e. The van der Waals surface area contributed by atoms with Gasteiger partial charge in [0, 0.05) is 6.54 Å². The molecule has 0 fully saturated rings. The third-order valence-corrected chi connectivity index (χ3v) is 2.80. The van der Waals surface area contributed by atoms with Gasteiger partial charge in [-0.3, -0.25) is 4.79 Å². The Balaban J connectivity index is 2.41. The van der Waals surface area contributed by atoms with Crippen LogP contribution < -0.4 is 10.6 Å². The summed E-state index contributed by atoms with van der Waals surface area (Å²) in [7, 11) is 0. The summed E-state index contributed by atoms with van der Waals surface area (Å²) in [5.41, 5.74) is -0.481. The van der Waals surface area contributed by atoms with Crippen LogP contribution in [0.1, 0.15) is 19.8 Å². The van der Waals surface area contributed by atoms with Crippen LogP contribution in [0.3, 0.4) is 0 Å². The monoisotopic (exact) mass is 304 g/mol. The molecule has 0 aliphatic rings. The average Bonchev–Trinajstić information content (AvgIpc) is 2.44. The van der Waals surface area contributed by atoms with E-state index in [-0.39, 0.29) is 6.54 Å². The molecule has 0 saturated carbocycles. The lowest BCUT2D eigenvalue weighted by atomic mass is 10.1. The van der Waals surface area contributed by atoms with Gasteiger partial charge < -0.3 is 15.7 Å². The molecule has 21 heavy (non-hydrogen) atoms. The number of carboxylic acids is 1. The van der Waals surface area contributed by atoms with Crippen LogP contribution in [-0.4, -0.2) is 23.7 Å². The van der Waals surface area contributed by atoms with Crippen LogP contribution in [0.2, 0.25) is 0 Å². The highest BCUT2D eigenvalue weighted by molar-refractivity contribution is 5.89. The summed E-state index contributed by atoms with van der Waals surface area (Å²) in [5, 5.41) is 13.1. The second kappa shape index (κ2) is 7.51. The number of rotatable bonds is 6. The molecule has 8 heteroatoms. The number of nitrogens with one attached hydrogen (secondary N) is 2. The molecule has 0 bridgehead atoms. The van der Waals surface area contributed by atoms with Gasteiger partial charge in [-0.05, 0) is 25.0 Å². The summed E-state index contributed by atoms with van der Waals surface area (Å²) >= 11 is 0. The molecule has 1 aromatic carbocycles. The number of anilines is 1. The van der Waals surface area contributed by atoms with Gasteiger partial charge in [0.25, 0.3) is 0 Å². The number of hydrogen-bond donors (Lipinski definition) is 3. The van der Waals surface area contributed by atoms with Gasteiger partial charge in [-0.2, -0.15) is 0 Å². The molecule has 1 unspecified atom stereocenters. The zero-order chi connectivity index (χ0) is 16.0. The molecule has 2 amide bonds. The predicted molar refractivity (Wildman–Crippen MR) is 69.4 cm³/mol. The highest BCUT2D eigenvalue weighted by Gasteiger charge is 2.15. The summed E-state index contributed by atoms with van der Waals surface area (Å²) in [6, 6.07) is 0.811. The summed E-state index contributed by atoms with van der Waals surface area (Å²) in [4.78, 5) is 22.0. The average molecular weight is 304 g/mol. The van der Waals surface area contributed by atoms with Gasteiger partial charge in [0.2, 0.25) is 0 Å². The second-order valence-corrected chi connectivity index (χ2v) is 4.49. The van der Waals surface area contributed by atoms with Crippen LogP contribution in [-0.2, 0) is 4.79 Å². The number of urea groups is 1. The first-order valence-electron chi connectivity index (χ1n) is 6.24. The molecular formula is C13H15F3N2O3.